The Kier molecular flexibility index (Phi) is 3.65. The maximum absolute atomic E-state index is 13.3. The Morgan fingerprint density at radius 1 is 1.67 bits per heavy atom. The summed E-state index contributed by atoms with van der Waals surface area (Å²) in [5.74, 6) is -1.85. The molecule has 0 fully saturated rings. The van der Waals surface area contributed by atoms with Crippen LogP contribution < -0.4 is 10.5 Å². The largest absolute Gasteiger partial charge is 0.492 e. The van der Waals surface area contributed by atoms with Gasteiger partial charge in [0.2, 0.25) is 0 Å². The van der Waals surface area contributed by atoms with Gasteiger partial charge in [-0.25, -0.2) is 4.39 Å². The normalized spacial score (nSPS) is 12.3. The molecule has 0 bridgehead atoms. The molecule has 0 aliphatic rings. The molecule has 6 heteroatoms. The third kappa shape index (κ3) is 2.45. The van der Waals surface area contributed by atoms with Crippen molar-refractivity contribution in [3.05, 3.63) is 28.0 Å². The number of methoxy groups -OCH3 is 1. The van der Waals surface area contributed by atoms with E-state index in [1.54, 1.807) is 0 Å². The van der Waals surface area contributed by atoms with Gasteiger partial charge in [0.15, 0.2) is 11.6 Å². The maximum atomic E-state index is 13.3. The fourth-order valence-electron chi connectivity index (χ4n) is 1.10. The minimum atomic E-state index is -1.25. The summed E-state index contributed by atoms with van der Waals surface area (Å²) in [4.78, 5) is 10.6. The van der Waals surface area contributed by atoms with Crippen LogP contribution in [0.2, 0.25) is 0 Å². The highest BCUT2D eigenvalue weighted by atomic mass is 79.9. The Morgan fingerprint density at radius 3 is 2.67 bits per heavy atom. The lowest BCUT2D eigenvalue weighted by atomic mass is 10.1. The van der Waals surface area contributed by atoms with Crippen molar-refractivity contribution < 1.29 is 19.0 Å². The molecule has 0 saturated heterocycles. The first-order valence-electron chi connectivity index (χ1n) is 3.98. The third-order valence-electron chi connectivity index (χ3n) is 1.85. The fraction of sp³-hybridized carbons (Fsp3) is 0.222. The van der Waals surface area contributed by atoms with Gasteiger partial charge >= 0.3 is 5.97 Å². The van der Waals surface area contributed by atoms with Gasteiger partial charge in [0, 0.05) is 0 Å². The van der Waals surface area contributed by atoms with E-state index in [4.69, 9.17) is 15.6 Å². The van der Waals surface area contributed by atoms with Crippen LogP contribution >= 0.6 is 15.9 Å². The molecule has 0 amide bonds. The van der Waals surface area contributed by atoms with Crippen LogP contribution in [0.3, 0.4) is 0 Å². The number of carbonyl (C=O) groups is 1. The molecule has 1 atom stereocenters. The van der Waals surface area contributed by atoms with Gasteiger partial charge in [0.1, 0.15) is 6.04 Å². The molecule has 0 aromatic heterocycles. The average molecular weight is 278 g/mol. The molecule has 1 aromatic rings. The molecule has 1 unspecified atom stereocenters. The molecule has 0 radical (unpaired) electrons. The molecule has 0 aliphatic heterocycles. The minimum Gasteiger partial charge on any atom is -0.492 e. The highest BCUT2D eigenvalue weighted by Gasteiger charge is 2.18. The number of halogens is 2. The number of benzene rings is 1. The first-order valence-corrected chi connectivity index (χ1v) is 4.78. The van der Waals surface area contributed by atoms with Gasteiger partial charge in [-0.15, -0.1) is 0 Å². The third-order valence-corrected chi connectivity index (χ3v) is 2.44. The predicted octanol–water partition coefficient (Wildman–Crippen LogP) is 1.68. The van der Waals surface area contributed by atoms with Gasteiger partial charge < -0.3 is 15.6 Å². The summed E-state index contributed by atoms with van der Waals surface area (Å²) in [6.45, 7) is 0. The van der Waals surface area contributed by atoms with Crippen LogP contribution in [-0.4, -0.2) is 18.2 Å². The molecule has 1 aromatic carbocycles. The molecule has 0 aliphatic carbocycles. The summed E-state index contributed by atoms with van der Waals surface area (Å²) in [6.07, 6.45) is 0. The van der Waals surface area contributed by atoms with Crippen molar-refractivity contribution in [1.29, 1.82) is 0 Å². The van der Waals surface area contributed by atoms with Gasteiger partial charge in [-0.1, -0.05) is 0 Å². The standard InChI is InChI=1S/C9H9BrFNO3/c1-15-8-5(10)2-4(3-6(8)11)7(12)9(13)14/h2-3,7H,12H2,1H3,(H,13,14). The number of rotatable bonds is 3. The number of ether oxygens (including phenoxy) is 1. The molecule has 0 saturated carbocycles. The highest BCUT2D eigenvalue weighted by molar-refractivity contribution is 9.10. The summed E-state index contributed by atoms with van der Waals surface area (Å²) in [5, 5.41) is 8.65. The first-order chi connectivity index (χ1) is 6.97. The van der Waals surface area contributed by atoms with Gasteiger partial charge in [-0.3, -0.25) is 4.79 Å². The SMILES string of the molecule is COc1c(F)cc(C(N)C(=O)O)cc1Br. The van der Waals surface area contributed by atoms with Gasteiger partial charge in [-0.05, 0) is 33.6 Å². The zero-order chi connectivity index (χ0) is 11.6. The quantitative estimate of drug-likeness (QED) is 0.882. The summed E-state index contributed by atoms with van der Waals surface area (Å²) in [7, 11) is 1.32. The van der Waals surface area contributed by atoms with Crippen LogP contribution in [0.1, 0.15) is 11.6 Å². The highest BCUT2D eigenvalue weighted by Crippen LogP contribution is 2.30. The zero-order valence-corrected chi connectivity index (χ0v) is 9.42. The van der Waals surface area contributed by atoms with Crippen LogP contribution in [-0.2, 0) is 4.79 Å². The number of hydrogen-bond donors (Lipinski definition) is 2. The van der Waals surface area contributed by atoms with Crippen molar-refractivity contribution in [1.82, 2.24) is 0 Å². The number of hydrogen-bond acceptors (Lipinski definition) is 3. The van der Waals surface area contributed by atoms with Gasteiger partial charge in [-0.2, -0.15) is 0 Å². The average Bonchev–Trinajstić information content (AvgIpc) is 2.15. The van der Waals surface area contributed by atoms with E-state index in [1.165, 1.54) is 13.2 Å². The second-order valence-electron chi connectivity index (χ2n) is 2.83. The Labute approximate surface area is 94.0 Å². The van der Waals surface area contributed by atoms with E-state index >= 15 is 0 Å². The van der Waals surface area contributed by atoms with Crippen LogP contribution in [0.25, 0.3) is 0 Å². The topological polar surface area (TPSA) is 72.5 Å². The summed E-state index contributed by atoms with van der Waals surface area (Å²) in [6, 6.07) is 1.21. The molecule has 4 nitrogen and oxygen atoms in total. The molecule has 15 heavy (non-hydrogen) atoms. The fourth-order valence-corrected chi connectivity index (χ4v) is 1.71. The molecule has 0 heterocycles. The number of carboxylic acid groups (broad SMARTS) is 1. The molecular weight excluding hydrogens is 269 g/mol. The Balaban J connectivity index is 3.19. The van der Waals surface area contributed by atoms with Gasteiger partial charge in [0.25, 0.3) is 0 Å². The van der Waals surface area contributed by atoms with Crippen molar-refractivity contribution in [2.24, 2.45) is 5.73 Å². The summed E-state index contributed by atoms with van der Waals surface area (Å²) >= 11 is 3.06. The zero-order valence-electron chi connectivity index (χ0n) is 7.83. The van der Waals surface area contributed by atoms with Crippen LogP contribution in [0, 0.1) is 5.82 Å². The number of carboxylic acids is 1. The second kappa shape index (κ2) is 4.59. The minimum absolute atomic E-state index is 0.0244. The molecule has 82 valence electrons. The second-order valence-corrected chi connectivity index (χ2v) is 3.69. The smallest absolute Gasteiger partial charge is 0.325 e. The Bertz CT molecular complexity index is 374. The Hall–Kier alpha value is -1.14. The molecule has 1 rings (SSSR count). The van der Waals surface area contributed by atoms with Crippen LogP contribution in [0.15, 0.2) is 16.6 Å². The molecular formula is C9H9BrFNO3. The monoisotopic (exact) mass is 277 g/mol. The maximum Gasteiger partial charge on any atom is 0.325 e. The molecule has 0 spiro atoms. The van der Waals surface area contributed by atoms with Crippen LogP contribution in [0.4, 0.5) is 4.39 Å². The van der Waals surface area contributed by atoms with E-state index in [1.807, 2.05) is 0 Å². The molecule has 3 N–H and O–H groups in total. The van der Waals surface area contributed by atoms with Crippen molar-refractivity contribution in [3.63, 3.8) is 0 Å². The van der Waals surface area contributed by atoms with Crippen LogP contribution in [0.5, 0.6) is 5.75 Å². The summed E-state index contributed by atoms with van der Waals surface area (Å²) < 4.78 is 18.4. The van der Waals surface area contributed by atoms with E-state index in [0.29, 0.717) is 4.47 Å². The Morgan fingerprint density at radius 2 is 2.27 bits per heavy atom. The number of aliphatic carboxylic acids is 1. The van der Waals surface area contributed by atoms with E-state index < -0.39 is 17.8 Å². The van der Waals surface area contributed by atoms with E-state index in [2.05, 4.69) is 15.9 Å². The van der Waals surface area contributed by atoms with Crippen molar-refractivity contribution in [2.45, 2.75) is 6.04 Å². The van der Waals surface area contributed by atoms with Crippen molar-refractivity contribution in [3.8, 4) is 5.75 Å². The summed E-state index contributed by atoms with van der Waals surface area (Å²) in [5.41, 5.74) is 5.51. The lowest BCUT2D eigenvalue weighted by molar-refractivity contribution is -0.138. The van der Waals surface area contributed by atoms with Crippen molar-refractivity contribution >= 4 is 21.9 Å². The van der Waals surface area contributed by atoms with E-state index in [0.717, 1.165) is 6.07 Å². The first kappa shape index (κ1) is 11.9. The van der Waals surface area contributed by atoms with Gasteiger partial charge in [0.05, 0.1) is 11.6 Å². The number of nitrogens with two attached hydrogens (primary N) is 1. The van der Waals surface area contributed by atoms with E-state index in [-0.39, 0.29) is 11.3 Å². The predicted molar refractivity (Wildman–Crippen MR) is 55.2 cm³/mol. The van der Waals surface area contributed by atoms with Crippen molar-refractivity contribution in [2.75, 3.05) is 7.11 Å². The van der Waals surface area contributed by atoms with E-state index in [9.17, 15) is 9.18 Å². The lowest BCUT2D eigenvalue weighted by Gasteiger charge is -2.10. The lowest BCUT2D eigenvalue weighted by Crippen LogP contribution is -2.20.